The van der Waals surface area contributed by atoms with Gasteiger partial charge < -0.3 is 5.11 Å². The summed E-state index contributed by atoms with van der Waals surface area (Å²) in [6.07, 6.45) is 2.92. The molecule has 0 saturated heterocycles. The van der Waals surface area contributed by atoms with Gasteiger partial charge in [0.25, 0.3) is 0 Å². The minimum absolute atomic E-state index is 0.493. The quantitative estimate of drug-likeness (QED) is 0.674. The topological polar surface area (TPSA) is 54.4 Å². The Morgan fingerprint density at radius 1 is 1.38 bits per heavy atom. The zero-order chi connectivity index (χ0) is 10.5. The molecule has 0 fully saturated rings. The molecule has 4 heteroatoms. The normalized spacial score (nSPS) is 14.1. The van der Waals surface area contributed by atoms with E-state index in [0.29, 0.717) is 5.75 Å². The molecule has 0 aromatic rings. The fourth-order valence-corrected chi connectivity index (χ4v) is 2.01. The first kappa shape index (κ1) is 12.6. The highest BCUT2D eigenvalue weighted by Crippen LogP contribution is 2.14. The predicted octanol–water partition coefficient (Wildman–Crippen LogP) is 1.79. The van der Waals surface area contributed by atoms with Gasteiger partial charge in [-0.2, -0.15) is 0 Å². The van der Waals surface area contributed by atoms with Crippen LogP contribution in [0, 0.1) is 0 Å². The van der Waals surface area contributed by atoms with Crippen LogP contribution >= 0.6 is 0 Å². The number of carboxylic acids is 1. The van der Waals surface area contributed by atoms with Gasteiger partial charge in [0, 0.05) is 16.6 Å². The molecule has 3 nitrogen and oxygen atoms in total. The molecule has 0 aliphatic heterocycles. The number of rotatable bonds is 6. The average Bonchev–Trinajstić information content (AvgIpc) is 2.04. The van der Waals surface area contributed by atoms with Crippen LogP contribution in [0.4, 0.5) is 0 Å². The minimum atomic E-state index is -1.26. The molecule has 0 aromatic carbocycles. The number of aliphatic carboxylic acids is 1. The number of carboxylic acid groups (broad SMARTS) is 1. The smallest absolute Gasteiger partial charge is 0.321 e. The average molecular weight is 206 g/mol. The molecular weight excluding hydrogens is 188 g/mol. The van der Waals surface area contributed by atoms with E-state index >= 15 is 0 Å². The van der Waals surface area contributed by atoms with Crippen molar-refractivity contribution in [3.05, 3.63) is 0 Å². The molecule has 1 N–H and O–H groups in total. The summed E-state index contributed by atoms with van der Waals surface area (Å²) in [5, 5.41) is 8.78. The zero-order valence-corrected chi connectivity index (χ0v) is 9.32. The second-order valence-electron chi connectivity index (χ2n) is 3.57. The van der Waals surface area contributed by atoms with Crippen molar-refractivity contribution in [2.24, 2.45) is 0 Å². The van der Waals surface area contributed by atoms with E-state index in [0.717, 1.165) is 19.3 Å². The van der Waals surface area contributed by atoms with Crippen LogP contribution in [0.5, 0.6) is 0 Å². The number of unbranched alkanes of at least 4 members (excludes halogenated alkanes) is 2. The van der Waals surface area contributed by atoms with Crippen LogP contribution in [-0.2, 0) is 15.6 Å². The summed E-state index contributed by atoms with van der Waals surface area (Å²) in [6, 6.07) is 0. The fourth-order valence-electron chi connectivity index (χ4n) is 0.836. The SMILES string of the molecule is CCCCCS(=O)C(C)(C)C(=O)O. The lowest BCUT2D eigenvalue weighted by Crippen LogP contribution is -2.37. The van der Waals surface area contributed by atoms with Gasteiger partial charge in [-0.3, -0.25) is 9.00 Å². The highest BCUT2D eigenvalue weighted by Gasteiger charge is 2.33. The molecule has 13 heavy (non-hydrogen) atoms. The van der Waals surface area contributed by atoms with Crippen molar-refractivity contribution in [1.82, 2.24) is 0 Å². The third kappa shape index (κ3) is 3.89. The van der Waals surface area contributed by atoms with E-state index in [1.54, 1.807) is 0 Å². The summed E-state index contributed by atoms with van der Waals surface area (Å²) in [5.74, 6) is -0.491. The third-order valence-electron chi connectivity index (χ3n) is 2.02. The Labute approximate surface area is 82.0 Å². The van der Waals surface area contributed by atoms with Gasteiger partial charge in [-0.05, 0) is 20.3 Å². The molecule has 1 unspecified atom stereocenters. The van der Waals surface area contributed by atoms with E-state index < -0.39 is 21.5 Å². The number of carbonyl (C=O) groups is 1. The molecule has 0 bridgehead atoms. The Kier molecular flexibility index (Phi) is 5.21. The van der Waals surface area contributed by atoms with Crippen LogP contribution in [0.15, 0.2) is 0 Å². The van der Waals surface area contributed by atoms with Crippen molar-refractivity contribution in [2.45, 2.75) is 44.8 Å². The van der Waals surface area contributed by atoms with Gasteiger partial charge in [0.15, 0.2) is 0 Å². The molecular formula is C9H18O3S. The minimum Gasteiger partial charge on any atom is -0.480 e. The van der Waals surface area contributed by atoms with Crippen molar-refractivity contribution in [3.8, 4) is 0 Å². The van der Waals surface area contributed by atoms with Crippen LogP contribution in [0.2, 0.25) is 0 Å². The molecule has 0 rings (SSSR count). The van der Waals surface area contributed by atoms with Crippen LogP contribution in [0.3, 0.4) is 0 Å². The van der Waals surface area contributed by atoms with Crippen molar-refractivity contribution in [3.63, 3.8) is 0 Å². The first-order chi connectivity index (χ1) is 5.92. The maximum atomic E-state index is 11.5. The lowest BCUT2D eigenvalue weighted by molar-refractivity contribution is -0.139. The van der Waals surface area contributed by atoms with Crippen LogP contribution in [0.25, 0.3) is 0 Å². The largest absolute Gasteiger partial charge is 0.480 e. The molecule has 1 atom stereocenters. The van der Waals surface area contributed by atoms with Crippen molar-refractivity contribution in [2.75, 3.05) is 5.75 Å². The number of hydrogen-bond donors (Lipinski definition) is 1. The summed E-state index contributed by atoms with van der Waals surface area (Å²) >= 11 is 0. The Balaban J connectivity index is 4.03. The van der Waals surface area contributed by atoms with Crippen LogP contribution < -0.4 is 0 Å². The van der Waals surface area contributed by atoms with Crippen LogP contribution in [0.1, 0.15) is 40.0 Å². The Morgan fingerprint density at radius 2 is 1.92 bits per heavy atom. The molecule has 78 valence electrons. The zero-order valence-electron chi connectivity index (χ0n) is 8.50. The molecule has 0 spiro atoms. The van der Waals surface area contributed by atoms with E-state index in [1.165, 1.54) is 13.8 Å². The molecule has 0 aromatic heterocycles. The van der Waals surface area contributed by atoms with Crippen molar-refractivity contribution in [1.29, 1.82) is 0 Å². The second-order valence-corrected chi connectivity index (χ2v) is 5.69. The fraction of sp³-hybridized carbons (Fsp3) is 0.889. The first-order valence-electron chi connectivity index (χ1n) is 4.54. The van der Waals surface area contributed by atoms with E-state index in [9.17, 15) is 9.00 Å². The lowest BCUT2D eigenvalue weighted by Gasteiger charge is -2.17. The van der Waals surface area contributed by atoms with Gasteiger partial charge in [0.2, 0.25) is 0 Å². The second kappa shape index (κ2) is 5.37. The molecule has 0 aliphatic carbocycles. The van der Waals surface area contributed by atoms with Gasteiger partial charge in [-0.15, -0.1) is 0 Å². The molecule has 0 saturated carbocycles. The van der Waals surface area contributed by atoms with Gasteiger partial charge in [-0.1, -0.05) is 19.8 Å². The van der Waals surface area contributed by atoms with Gasteiger partial charge in [0.05, 0.1) is 0 Å². The summed E-state index contributed by atoms with van der Waals surface area (Å²) in [5.41, 5.74) is 0. The Hall–Kier alpha value is -0.380. The first-order valence-corrected chi connectivity index (χ1v) is 5.86. The molecule has 0 amide bonds. The lowest BCUT2D eigenvalue weighted by atomic mass is 10.2. The molecule has 0 aliphatic rings. The molecule has 0 radical (unpaired) electrons. The Morgan fingerprint density at radius 3 is 2.31 bits per heavy atom. The maximum absolute atomic E-state index is 11.5. The third-order valence-corrected chi connectivity index (χ3v) is 3.99. The van der Waals surface area contributed by atoms with E-state index in [2.05, 4.69) is 6.92 Å². The number of hydrogen-bond acceptors (Lipinski definition) is 2. The predicted molar refractivity (Wildman–Crippen MR) is 54.2 cm³/mol. The van der Waals surface area contributed by atoms with Gasteiger partial charge in [-0.25, -0.2) is 0 Å². The highest BCUT2D eigenvalue weighted by molar-refractivity contribution is 7.87. The van der Waals surface area contributed by atoms with Crippen molar-refractivity contribution >= 4 is 16.8 Å². The summed E-state index contributed by atoms with van der Waals surface area (Å²) in [4.78, 5) is 10.7. The monoisotopic (exact) mass is 206 g/mol. The van der Waals surface area contributed by atoms with Crippen LogP contribution in [-0.4, -0.2) is 25.8 Å². The van der Waals surface area contributed by atoms with Gasteiger partial charge >= 0.3 is 5.97 Å². The standard InChI is InChI=1S/C9H18O3S/c1-4-5-6-7-13(12)9(2,3)8(10)11/h4-7H2,1-3H3,(H,10,11). The maximum Gasteiger partial charge on any atom is 0.321 e. The highest BCUT2D eigenvalue weighted by atomic mass is 32.2. The van der Waals surface area contributed by atoms with Crippen molar-refractivity contribution < 1.29 is 14.1 Å². The summed E-state index contributed by atoms with van der Waals surface area (Å²) in [7, 11) is -1.26. The van der Waals surface area contributed by atoms with E-state index in [-0.39, 0.29) is 0 Å². The van der Waals surface area contributed by atoms with Gasteiger partial charge in [0.1, 0.15) is 4.75 Å². The summed E-state index contributed by atoms with van der Waals surface area (Å²) in [6.45, 7) is 5.08. The summed E-state index contributed by atoms with van der Waals surface area (Å²) < 4.78 is 10.4. The van der Waals surface area contributed by atoms with E-state index in [4.69, 9.17) is 5.11 Å². The Bertz CT molecular complexity index is 199. The molecule has 0 heterocycles. The van der Waals surface area contributed by atoms with E-state index in [1.807, 2.05) is 0 Å².